The monoisotopic (exact) mass is 483 g/mol. The second kappa shape index (κ2) is 10.3. The summed E-state index contributed by atoms with van der Waals surface area (Å²) in [7, 11) is -3.84. The first-order valence-electron chi connectivity index (χ1n) is 11.1. The number of benzene rings is 1. The van der Waals surface area contributed by atoms with E-state index in [2.05, 4.69) is 4.90 Å². The topological polar surface area (TPSA) is 126 Å². The van der Waals surface area contributed by atoms with E-state index in [0.717, 1.165) is 19.2 Å². The maximum atomic E-state index is 12.9. The Morgan fingerprint density at radius 3 is 2.15 bits per heavy atom. The van der Waals surface area contributed by atoms with Gasteiger partial charge in [-0.1, -0.05) is 0 Å². The zero-order chi connectivity index (χ0) is 23.4. The first-order valence-corrected chi connectivity index (χ1v) is 12.5. The van der Waals surface area contributed by atoms with Crippen molar-refractivity contribution < 1.29 is 27.6 Å². The summed E-state index contributed by atoms with van der Waals surface area (Å²) >= 11 is 0. The van der Waals surface area contributed by atoms with Crippen LogP contribution in [-0.2, 0) is 24.3 Å². The number of nitro groups is 1. The summed E-state index contributed by atoms with van der Waals surface area (Å²) in [6.07, 6.45) is 0. The molecule has 3 fully saturated rings. The number of rotatable bonds is 6. The molecule has 0 unspecified atom stereocenters. The quantitative estimate of drug-likeness (QED) is 0.392. The second-order valence-electron chi connectivity index (χ2n) is 8.18. The largest absolute Gasteiger partial charge is 0.379 e. The first-order chi connectivity index (χ1) is 15.9. The lowest BCUT2D eigenvalue weighted by atomic mass is 10.2. The standard InChI is InChI=1S/C20H29N5O7S/c26-20(16-21-7-11-31-12-8-21)23-5-3-22(4-6-23)18-2-1-17(15-19(18)25(27)28)33(29,30)24-9-13-32-14-10-24/h1-2,15H,3-14,16H2. The first kappa shape index (κ1) is 23.8. The molecule has 0 aliphatic carbocycles. The molecule has 0 saturated carbocycles. The van der Waals surface area contributed by atoms with Crippen LogP contribution in [0.2, 0.25) is 0 Å². The number of hydrogen-bond donors (Lipinski definition) is 0. The Kier molecular flexibility index (Phi) is 7.44. The summed E-state index contributed by atoms with van der Waals surface area (Å²) in [6, 6.07) is 4.05. The van der Waals surface area contributed by atoms with Crippen molar-refractivity contribution in [2.45, 2.75) is 4.90 Å². The molecule has 1 aromatic carbocycles. The Labute approximate surface area is 192 Å². The van der Waals surface area contributed by atoms with Crippen molar-refractivity contribution in [3.05, 3.63) is 28.3 Å². The van der Waals surface area contributed by atoms with Crippen LogP contribution in [0.1, 0.15) is 0 Å². The van der Waals surface area contributed by atoms with Gasteiger partial charge in [-0.2, -0.15) is 4.31 Å². The van der Waals surface area contributed by atoms with E-state index in [4.69, 9.17) is 9.47 Å². The number of ether oxygens (including phenoxy) is 2. The number of sulfonamides is 1. The molecule has 13 heteroatoms. The van der Waals surface area contributed by atoms with Gasteiger partial charge < -0.3 is 19.3 Å². The molecular weight excluding hydrogens is 454 g/mol. The minimum absolute atomic E-state index is 0.0398. The van der Waals surface area contributed by atoms with E-state index in [1.165, 1.54) is 16.4 Å². The Bertz CT molecular complexity index is 969. The van der Waals surface area contributed by atoms with Gasteiger partial charge in [0.1, 0.15) is 5.69 Å². The van der Waals surface area contributed by atoms with Crippen molar-refractivity contribution in [2.75, 3.05) is 90.2 Å². The molecule has 0 atom stereocenters. The van der Waals surface area contributed by atoms with Gasteiger partial charge >= 0.3 is 0 Å². The highest BCUT2D eigenvalue weighted by Gasteiger charge is 2.31. The summed E-state index contributed by atoms with van der Waals surface area (Å²) in [5.74, 6) is 0.0398. The van der Waals surface area contributed by atoms with Crippen LogP contribution in [0.25, 0.3) is 0 Å². The van der Waals surface area contributed by atoms with Crippen LogP contribution in [0.15, 0.2) is 23.1 Å². The molecule has 1 aromatic rings. The fourth-order valence-electron chi connectivity index (χ4n) is 4.26. The van der Waals surface area contributed by atoms with Crippen LogP contribution in [0.4, 0.5) is 11.4 Å². The molecule has 0 N–H and O–H groups in total. The summed E-state index contributed by atoms with van der Waals surface area (Å²) in [5, 5.41) is 11.8. The van der Waals surface area contributed by atoms with Crippen LogP contribution in [0.5, 0.6) is 0 Å². The Morgan fingerprint density at radius 2 is 1.55 bits per heavy atom. The highest BCUT2D eigenvalue weighted by molar-refractivity contribution is 7.89. The number of anilines is 1. The highest BCUT2D eigenvalue weighted by Crippen LogP contribution is 2.32. The lowest BCUT2D eigenvalue weighted by Gasteiger charge is -2.37. The zero-order valence-electron chi connectivity index (χ0n) is 18.4. The van der Waals surface area contributed by atoms with Crippen LogP contribution in [0, 0.1) is 10.1 Å². The van der Waals surface area contributed by atoms with Gasteiger partial charge in [0.25, 0.3) is 5.69 Å². The van der Waals surface area contributed by atoms with Gasteiger partial charge in [-0.15, -0.1) is 0 Å². The van der Waals surface area contributed by atoms with Crippen LogP contribution >= 0.6 is 0 Å². The van der Waals surface area contributed by atoms with Gasteiger partial charge in [0, 0.05) is 58.4 Å². The van der Waals surface area contributed by atoms with Crippen molar-refractivity contribution in [3.8, 4) is 0 Å². The van der Waals surface area contributed by atoms with Crippen LogP contribution in [-0.4, -0.2) is 119 Å². The van der Waals surface area contributed by atoms with Gasteiger partial charge in [-0.05, 0) is 12.1 Å². The van der Waals surface area contributed by atoms with Gasteiger partial charge in [0.15, 0.2) is 0 Å². The Morgan fingerprint density at radius 1 is 0.939 bits per heavy atom. The van der Waals surface area contributed by atoms with E-state index in [-0.39, 0.29) is 29.6 Å². The molecule has 3 aliphatic rings. The van der Waals surface area contributed by atoms with Gasteiger partial charge in [0.2, 0.25) is 15.9 Å². The molecular formula is C20H29N5O7S. The molecule has 3 heterocycles. The van der Waals surface area contributed by atoms with Crippen molar-refractivity contribution in [2.24, 2.45) is 0 Å². The van der Waals surface area contributed by atoms with Crippen LogP contribution < -0.4 is 4.90 Å². The molecule has 182 valence electrons. The fourth-order valence-corrected chi connectivity index (χ4v) is 5.69. The predicted molar refractivity (Wildman–Crippen MR) is 119 cm³/mol. The van der Waals surface area contributed by atoms with Crippen molar-refractivity contribution in [1.82, 2.24) is 14.1 Å². The fraction of sp³-hybridized carbons (Fsp3) is 0.650. The predicted octanol–water partition coefficient (Wildman–Crippen LogP) is -0.403. The number of carbonyl (C=O) groups excluding carboxylic acids is 1. The van der Waals surface area contributed by atoms with E-state index in [1.807, 2.05) is 4.90 Å². The normalized spacial score (nSPS) is 21.2. The molecule has 3 aliphatic heterocycles. The van der Waals surface area contributed by atoms with Crippen LogP contribution in [0.3, 0.4) is 0 Å². The van der Waals surface area contributed by atoms with E-state index in [1.54, 1.807) is 4.90 Å². The molecule has 0 bridgehead atoms. The molecule has 3 saturated heterocycles. The van der Waals surface area contributed by atoms with E-state index in [0.29, 0.717) is 64.8 Å². The molecule has 0 radical (unpaired) electrons. The summed E-state index contributed by atoms with van der Waals surface area (Å²) in [4.78, 5) is 29.4. The average molecular weight is 484 g/mol. The van der Waals surface area contributed by atoms with Gasteiger partial charge in [-0.3, -0.25) is 19.8 Å². The summed E-state index contributed by atoms with van der Waals surface area (Å²) < 4.78 is 37.6. The minimum Gasteiger partial charge on any atom is -0.379 e. The third-order valence-corrected chi connectivity index (χ3v) is 8.08. The molecule has 0 spiro atoms. The smallest absolute Gasteiger partial charge is 0.293 e. The number of hydrogen-bond acceptors (Lipinski definition) is 9. The molecule has 12 nitrogen and oxygen atoms in total. The number of nitrogens with zero attached hydrogens (tertiary/aromatic N) is 5. The maximum Gasteiger partial charge on any atom is 0.293 e. The number of piperazine rings is 1. The maximum absolute atomic E-state index is 12.9. The average Bonchev–Trinajstić information content (AvgIpc) is 2.85. The molecule has 0 aromatic heterocycles. The number of nitro benzene ring substituents is 1. The van der Waals surface area contributed by atoms with Gasteiger partial charge in [-0.25, -0.2) is 8.42 Å². The molecule has 4 rings (SSSR count). The highest BCUT2D eigenvalue weighted by atomic mass is 32.2. The van der Waals surface area contributed by atoms with E-state index in [9.17, 15) is 23.3 Å². The third kappa shape index (κ3) is 5.44. The SMILES string of the molecule is O=C(CN1CCOCC1)N1CCN(c2ccc(S(=O)(=O)N3CCOCC3)cc2[N+](=O)[O-])CC1. The molecule has 1 amide bonds. The Hall–Kier alpha value is -2.32. The van der Waals surface area contributed by atoms with Crippen molar-refractivity contribution in [1.29, 1.82) is 0 Å². The number of carbonyl (C=O) groups is 1. The summed E-state index contributed by atoms with van der Waals surface area (Å²) in [6.45, 7) is 5.88. The lowest BCUT2D eigenvalue weighted by molar-refractivity contribution is -0.384. The third-order valence-electron chi connectivity index (χ3n) is 6.19. The van der Waals surface area contributed by atoms with Crippen molar-refractivity contribution in [3.63, 3.8) is 0 Å². The lowest BCUT2D eigenvalue weighted by Crippen LogP contribution is -2.52. The number of morpholine rings is 2. The second-order valence-corrected chi connectivity index (χ2v) is 10.1. The minimum atomic E-state index is -3.84. The van der Waals surface area contributed by atoms with Crippen molar-refractivity contribution >= 4 is 27.3 Å². The zero-order valence-corrected chi connectivity index (χ0v) is 19.2. The Balaban J connectivity index is 1.43. The van der Waals surface area contributed by atoms with Gasteiger partial charge in [0.05, 0.1) is 42.8 Å². The molecule has 33 heavy (non-hydrogen) atoms. The number of amides is 1. The van der Waals surface area contributed by atoms with E-state index >= 15 is 0 Å². The summed E-state index contributed by atoms with van der Waals surface area (Å²) in [5.41, 5.74) is 0.110. The van der Waals surface area contributed by atoms with E-state index < -0.39 is 14.9 Å².